The summed E-state index contributed by atoms with van der Waals surface area (Å²) in [6.07, 6.45) is 0. The molecule has 156 valence electrons. The summed E-state index contributed by atoms with van der Waals surface area (Å²) in [5.41, 5.74) is -0.826. The molecule has 9 nitrogen and oxygen atoms in total. The number of benzene rings is 2. The van der Waals surface area contributed by atoms with E-state index in [2.05, 4.69) is 10.6 Å². The van der Waals surface area contributed by atoms with Crippen molar-refractivity contribution < 1.29 is 19.3 Å². The number of hydrogen-bond donors (Lipinski definition) is 2. The summed E-state index contributed by atoms with van der Waals surface area (Å²) in [7, 11) is 0. The molecule has 3 rings (SSSR count). The number of nitro groups is 1. The first-order valence-corrected chi connectivity index (χ1v) is 9.43. The van der Waals surface area contributed by atoms with E-state index in [0.717, 1.165) is 4.90 Å². The summed E-state index contributed by atoms with van der Waals surface area (Å²) in [5.74, 6) is -1.35. The Bertz CT molecular complexity index is 1090. The summed E-state index contributed by atoms with van der Waals surface area (Å²) >= 11 is 12.1. The molecule has 0 aromatic heterocycles. The number of imide groups is 1. The van der Waals surface area contributed by atoms with Crippen LogP contribution in [0, 0.1) is 17.0 Å². The lowest BCUT2D eigenvalue weighted by atomic mass is 9.92. The highest BCUT2D eigenvalue weighted by atomic mass is 35.5. The molecule has 1 aliphatic heterocycles. The Balaban J connectivity index is 1.80. The van der Waals surface area contributed by atoms with E-state index in [-0.39, 0.29) is 22.0 Å². The zero-order valence-electron chi connectivity index (χ0n) is 15.9. The molecule has 4 amide bonds. The molecule has 1 fully saturated rings. The second-order valence-electron chi connectivity index (χ2n) is 6.83. The molecule has 11 heteroatoms. The highest BCUT2D eigenvalue weighted by molar-refractivity contribution is 6.35. The first-order chi connectivity index (χ1) is 14.0. The molecule has 0 bridgehead atoms. The van der Waals surface area contributed by atoms with Crippen LogP contribution >= 0.6 is 23.2 Å². The van der Waals surface area contributed by atoms with Crippen LogP contribution in [0.15, 0.2) is 36.4 Å². The number of nitrogens with one attached hydrogen (secondary N) is 2. The van der Waals surface area contributed by atoms with Gasteiger partial charge in [-0.25, -0.2) is 4.79 Å². The fraction of sp³-hybridized carbons (Fsp3) is 0.211. The zero-order valence-corrected chi connectivity index (χ0v) is 17.4. The molecule has 0 spiro atoms. The van der Waals surface area contributed by atoms with E-state index in [0.29, 0.717) is 10.6 Å². The van der Waals surface area contributed by atoms with Gasteiger partial charge in [-0.15, -0.1) is 0 Å². The fourth-order valence-electron chi connectivity index (χ4n) is 3.21. The number of hydrogen-bond acceptors (Lipinski definition) is 5. The SMILES string of the molecule is Cc1c(NC(=O)CN2C(=O)N[C@@](C)(c3ccc(Cl)cc3Cl)C2=O)cccc1[N+](=O)[O-]. The Morgan fingerprint density at radius 2 is 1.97 bits per heavy atom. The standard InChI is InChI=1S/C19H16Cl2N4O5/c1-10-14(4-3-5-15(10)25(29)30)22-16(26)9-24-17(27)19(2,23-18(24)28)12-7-6-11(20)8-13(12)21/h3-8H,9H2,1-2H3,(H,22,26)(H,23,28)/t19-/m0/s1. The summed E-state index contributed by atoms with van der Waals surface area (Å²) in [4.78, 5) is 49.1. The van der Waals surface area contributed by atoms with Crippen LogP contribution in [0.4, 0.5) is 16.2 Å². The lowest BCUT2D eigenvalue weighted by molar-refractivity contribution is -0.385. The minimum Gasteiger partial charge on any atom is -0.324 e. The second kappa shape index (κ2) is 7.92. The van der Waals surface area contributed by atoms with Gasteiger partial charge in [0.05, 0.1) is 16.2 Å². The summed E-state index contributed by atoms with van der Waals surface area (Å²) in [6, 6.07) is 7.97. The number of anilines is 1. The normalized spacial score (nSPS) is 18.3. The van der Waals surface area contributed by atoms with Crippen LogP contribution in [-0.4, -0.2) is 34.2 Å². The molecule has 2 aromatic rings. The van der Waals surface area contributed by atoms with Gasteiger partial charge in [-0.3, -0.25) is 24.6 Å². The van der Waals surface area contributed by atoms with Crippen molar-refractivity contribution in [3.8, 4) is 0 Å². The van der Waals surface area contributed by atoms with E-state index in [4.69, 9.17) is 23.2 Å². The van der Waals surface area contributed by atoms with E-state index in [9.17, 15) is 24.5 Å². The molecular formula is C19H16Cl2N4O5. The number of rotatable bonds is 5. The highest BCUT2D eigenvalue weighted by Crippen LogP contribution is 2.35. The van der Waals surface area contributed by atoms with Crippen molar-refractivity contribution in [3.63, 3.8) is 0 Å². The van der Waals surface area contributed by atoms with E-state index >= 15 is 0 Å². The van der Waals surface area contributed by atoms with Crippen LogP contribution in [0.1, 0.15) is 18.1 Å². The van der Waals surface area contributed by atoms with Gasteiger partial charge in [-0.1, -0.05) is 35.3 Å². The maximum absolute atomic E-state index is 13.0. The van der Waals surface area contributed by atoms with Gasteiger partial charge in [0.25, 0.3) is 11.6 Å². The molecular weight excluding hydrogens is 435 g/mol. The van der Waals surface area contributed by atoms with Gasteiger partial charge in [0.1, 0.15) is 12.1 Å². The molecule has 0 aliphatic carbocycles. The number of nitrogens with zero attached hydrogens (tertiary/aromatic N) is 2. The number of amides is 4. The maximum Gasteiger partial charge on any atom is 0.325 e. The van der Waals surface area contributed by atoms with Gasteiger partial charge in [0.2, 0.25) is 5.91 Å². The van der Waals surface area contributed by atoms with Gasteiger partial charge in [-0.2, -0.15) is 0 Å². The number of nitro benzene ring substituents is 1. The monoisotopic (exact) mass is 450 g/mol. The number of halogens is 2. The third-order valence-electron chi connectivity index (χ3n) is 4.82. The molecule has 0 radical (unpaired) electrons. The predicted octanol–water partition coefficient (Wildman–Crippen LogP) is 3.62. The lowest BCUT2D eigenvalue weighted by Crippen LogP contribution is -2.42. The van der Waals surface area contributed by atoms with Gasteiger partial charge < -0.3 is 10.6 Å². The summed E-state index contributed by atoms with van der Waals surface area (Å²) in [6.45, 7) is 2.39. The molecule has 1 heterocycles. The Morgan fingerprint density at radius 3 is 2.60 bits per heavy atom. The number of carbonyl (C=O) groups is 3. The Kier molecular flexibility index (Phi) is 5.69. The minimum atomic E-state index is -1.47. The molecule has 1 aliphatic rings. The Morgan fingerprint density at radius 1 is 1.27 bits per heavy atom. The van der Waals surface area contributed by atoms with Crippen LogP contribution in [0.2, 0.25) is 10.0 Å². The first-order valence-electron chi connectivity index (χ1n) is 8.68. The first kappa shape index (κ1) is 21.5. The third-order valence-corrected chi connectivity index (χ3v) is 5.37. The molecule has 0 saturated carbocycles. The molecule has 1 atom stereocenters. The van der Waals surface area contributed by atoms with Crippen molar-refractivity contribution in [1.82, 2.24) is 10.2 Å². The van der Waals surface area contributed by atoms with Gasteiger partial charge in [0, 0.05) is 21.7 Å². The van der Waals surface area contributed by atoms with Crippen molar-refractivity contribution in [1.29, 1.82) is 0 Å². The zero-order chi connectivity index (χ0) is 22.2. The quantitative estimate of drug-likeness (QED) is 0.409. The van der Waals surface area contributed by atoms with Crippen molar-refractivity contribution in [2.24, 2.45) is 0 Å². The minimum absolute atomic E-state index is 0.159. The Hall–Kier alpha value is -3.17. The van der Waals surface area contributed by atoms with Gasteiger partial charge in [0.15, 0.2) is 0 Å². The summed E-state index contributed by atoms with van der Waals surface area (Å²) in [5, 5.41) is 16.7. The maximum atomic E-state index is 13.0. The van der Waals surface area contributed by atoms with Crippen LogP contribution < -0.4 is 10.6 Å². The van der Waals surface area contributed by atoms with Gasteiger partial charge >= 0.3 is 6.03 Å². The largest absolute Gasteiger partial charge is 0.325 e. The van der Waals surface area contributed by atoms with Crippen LogP contribution in [0.5, 0.6) is 0 Å². The lowest BCUT2D eigenvalue weighted by Gasteiger charge is -2.23. The average molecular weight is 451 g/mol. The van der Waals surface area contributed by atoms with E-state index in [1.807, 2.05) is 0 Å². The van der Waals surface area contributed by atoms with Crippen LogP contribution in [-0.2, 0) is 15.1 Å². The molecule has 1 saturated heterocycles. The molecule has 2 aromatic carbocycles. The van der Waals surface area contributed by atoms with Gasteiger partial charge in [-0.05, 0) is 32.0 Å². The predicted molar refractivity (Wildman–Crippen MR) is 111 cm³/mol. The third kappa shape index (κ3) is 3.81. The molecule has 2 N–H and O–H groups in total. The van der Waals surface area contributed by atoms with E-state index in [1.165, 1.54) is 50.2 Å². The smallest absolute Gasteiger partial charge is 0.324 e. The second-order valence-corrected chi connectivity index (χ2v) is 7.67. The number of urea groups is 1. The number of carbonyl (C=O) groups excluding carboxylic acids is 3. The van der Waals surface area contributed by atoms with E-state index in [1.54, 1.807) is 0 Å². The fourth-order valence-corrected chi connectivity index (χ4v) is 3.81. The van der Waals surface area contributed by atoms with Crippen LogP contribution in [0.25, 0.3) is 0 Å². The Labute approximate surface area is 181 Å². The van der Waals surface area contributed by atoms with Crippen molar-refractivity contribution in [3.05, 3.63) is 67.7 Å². The topological polar surface area (TPSA) is 122 Å². The summed E-state index contributed by atoms with van der Waals surface area (Å²) < 4.78 is 0. The van der Waals surface area contributed by atoms with Crippen molar-refractivity contribution >= 4 is 52.4 Å². The molecule has 30 heavy (non-hydrogen) atoms. The van der Waals surface area contributed by atoms with Crippen molar-refractivity contribution in [2.75, 3.05) is 11.9 Å². The molecule has 0 unspecified atom stereocenters. The highest BCUT2D eigenvalue weighted by Gasteiger charge is 2.50. The van der Waals surface area contributed by atoms with Crippen molar-refractivity contribution in [2.45, 2.75) is 19.4 Å². The van der Waals surface area contributed by atoms with Crippen LogP contribution in [0.3, 0.4) is 0 Å². The van der Waals surface area contributed by atoms with E-state index < -0.39 is 34.9 Å². The average Bonchev–Trinajstić information content (AvgIpc) is 2.87.